The van der Waals surface area contributed by atoms with Gasteiger partial charge in [0, 0.05) is 25.1 Å². The lowest BCUT2D eigenvalue weighted by molar-refractivity contribution is -0.745. The molecule has 15 N–H and O–H groups in total. The zero-order chi connectivity index (χ0) is 60.4. The van der Waals surface area contributed by atoms with Crippen LogP contribution in [0.25, 0.3) is 33.5 Å². The number of aliphatic hydroxyl groups is 3. The number of aliphatic hydroxyl groups excluding tert-OH is 3. The third-order valence-corrected chi connectivity index (χ3v) is 18.5. The molecule has 10 rings (SSSR count). The predicted molar refractivity (Wildman–Crippen MR) is 273 cm³/mol. The number of methoxy groups -OCH3 is 1. The van der Waals surface area contributed by atoms with Gasteiger partial charge in [-0.15, -0.1) is 0 Å². The molecule has 84 heavy (non-hydrogen) atoms. The van der Waals surface area contributed by atoms with Gasteiger partial charge in [-0.3, -0.25) is 51.7 Å². The van der Waals surface area contributed by atoms with E-state index >= 15 is 0 Å². The number of nitrogens with one attached hydrogen (secondary N) is 3. The molecule has 1 aromatic carbocycles. The molecule has 0 spiro atoms. The molecule has 454 valence electrons. The molecule has 3 fully saturated rings. The number of hydrogen-bond acceptors (Lipinski definition) is 30. The Balaban J connectivity index is 0.819. The first-order valence-corrected chi connectivity index (χ1v) is 30.2. The Bertz CT molecular complexity index is 3950. The van der Waals surface area contributed by atoms with E-state index < -0.39 is 148 Å². The highest BCUT2D eigenvalue weighted by Crippen LogP contribution is 2.68. The van der Waals surface area contributed by atoms with Gasteiger partial charge in [0.1, 0.15) is 54.6 Å². The minimum Gasteiger partial charge on any atom is -0.756 e. The van der Waals surface area contributed by atoms with E-state index in [2.05, 4.69) is 53.8 Å². The average Bonchev–Trinajstić information content (AvgIpc) is 2.46. The lowest BCUT2D eigenvalue weighted by Gasteiger charge is -2.31. The van der Waals surface area contributed by atoms with Gasteiger partial charge in [0.05, 0.1) is 45.6 Å². The standard InChI is InChI=1S/C40H50N16O24P4/c1-53-15-56(32-23(53)35(62)52-40(43)50-32)36-24(57)17(8-44-33(60)16-6-4-3-5-7-16)18(75-36)9-73-82(65,66)79-84(69,70)80-83(67,68)74-11-20-27(28(71-2)38(77-20)54-13-47-21-29(41)45-12-46-30(21)54)78-81(63,64)72-10-19-25(58)26(59)37(76-19)55-14-48-22-31(55)49-39(42)51-34(22)61/h3-7,12-15,17-20,24-28,36-38,57-59H,8-11H2,1-2H3,(H12-,41,42,43,44,45,46,49,50,51,52,60,61,62,63,64,65,66,67,68,69,70)/t17-,18-,19-,20-,24-,25-,26-,27-,28-,36+,37-,38-/m1/s1. The highest BCUT2D eigenvalue weighted by atomic mass is 31.3. The molecule has 3 aliphatic rings. The van der Waals surface area contributed by atoms with Crippen LogP contribution in [0, 0.1) is 5.92 Å². The Morgan fingerprint density at radius 3 is 2.06 bits per heavy atom. The molecule has 0 bridgehead atoms. The number of fused-ring (bicyclic) bond motifs is 3. The molecule has 0 aliphatic carbocycles. The largest absolute Gasteiger partial charge is 0.756 e. The maximum absolute atomic E-state index is 13.7. The lowest BCUT2D eigenvalue weighted by Crippen LogP contribution is -2.46. The summed E-state index contributed by atoms with van der Waals surface area (Å²) >= 11 is 0. The van der Waals surface area contributed by atoms with Crippen molar-refractivity contribution in [2.75, 3.05) is 50.7 Å². The van der Waals surface area contributed by atoms with Crippen LogP contribution in [0.1, 0.15) is 29.0 Å². The number of rotatable bonds is 22. The third kappa shape index (κ3) is 12.5. The molecule has 4 unspecified atom stereocenters. The quantitative estimate of drug-likeness (QED) is 0.0230. The van der Waals surface area contributed by atoms with Crippen molar-refractivity contribution in [2.24, 2.45) is 13.0 Å². The molecule has 0 radical (unpaired) electrons. The van der Waals surface area contributed by atoms with Crippen LogP contribution in [0.5, 0.6) is 0 Å². The molecule has 44 heteroatoms. The number of amides is 1. The number of benzene rings is 1. The van der Waals surface area contributed by atoms with Gasteiger partial charge in [-0.2, -0.15) is 13.6 Å². The fourth-order valence-corrected chi connectivity index (χ4v) is 14.0. The van der Waals surface area contributed by atoms with Crippen molar-refractivity contribution in [3.63, 3.8) is 0 Å². The molecule has 40 nitrogen and oxygen atoms in total. The third-order valence-electron chi connectivity index (χ3n) is 13.3. The molecule has 6 aromatic heterocycles. The number of H-pyrrole nitrogens is 2. The first-order chi connectivity index (χ1) is 39.6. The molecule has 7 aromatic rings. The van der Waals surface area contributed by atoms with Gasteiger partial charge >= 0.3 is 29.1 Å². The van der Waals surface area contributed by atoms with Gasteiger partial charge in [0.2, 0.25) is 17.7 Å². The second kappa shape index (κ2) is 23.5. The molecular weight excluding hydrogens is 1210 g/mol. The summed E-state index contributed by atoms with van der Waals surface area (Å²) in [6.07, 6.45) is -13.8. The Morgan fingerprint density at radius 2 is 1.37 bits per heavy atom. The molecular formula is C40H50N16O24P4. The summed E-state index contributed by atoms with van der Waals surface area (Å²) in [5, 5.41) is 36.0. The monoisotopic (exact) mass is 1260 g/mol. The number of imidazole rings is 3. The number of nitrogens with zero attached hydrogens (tertiary/aromatic N) is 10. The van der Waals surface area contributed by atoms with E-state index in [-0.39, 0.29) is 56.8 Å². The van der Waals surface area contributed by atoms with Crippen molar-refractivity contribution in [3.8, 4) is 0 Å². The van der Waals surface area contributed by atoms with Crippen molar-refractivity contribution in [1.29, 1.82) is 0 Å². The van der Waals surface area contributed by atoms with Crippen LogP contribution in [0.3, 0.4) is 0 Å². The Morgan fingerprint density at radius 1 is 0.750 bits per heavy atom. The van der Waals surface area contributed by atoms with Crippen LogP contribution in [0.4, 0.5) is 17.7 Å². The predicted octanol–water partition coefficient (Wildman–Crippen LogP) is -3.66. The van der Waals surface area contributed by atoms with Gasteiger partial charge < -0.3 is 85.4 Å². The van der Waals surface area contributed by atoms with Crippen molar-refractivity contribution >= 4 is 88.4 Å². The number of aromatic nitrogens is 12. The van der Waals surface area contributed by atoms with Crippen LogP contribution >= 0.6 is 31.3 Å². The van der Waals surface area contributed by atoms with Gasteiger partial charge in [-0.05, 0) is 12.1 Å². The summed E-state index contributed by atoms with van der Waals surface area (Å²) in [7, 11) is -21.4. The van der Waals surface area contributed by atoms with Crippen molar-refractivity contribution < 1.29 is 108 Å². The van der Waals surface area contributed by atoms with Crippen LogP contribution in [-0.2, 0) is 71.0 Å². The highest BCUT2D eigenvalue weighted by Gasteiger charge is 2.53. The molecule has 3 aliphatic heterocycles. The fraction of sp³-hybridized carbons (Fsp3) is 0.450. The van der Waals surface area contributed by atoms with Crippen LogP contribution in [0.2, 0.25) is 0 Å². The normalized spacial score (nSPS) is 28.3. The number of anilines is 3. The maximum Gasteiger partial charge on any atom is 0.490 e. The maximum atomic E-state index is 13.7. The van der Waals surface area contributed by atoms with E-state index in [1.54, 1.807) is 18.2 Å². The fourth-order valence-electron chi connectivity index (χ4n) is 9.52. The number of aromatic amines is 2. The van der Waals surface area contributed by atoms with Crippen LogP contribution in [0.15, 0.2) is 65.2 Å². The van der Waals surface area contributed by atoms with E-state index in [1.807, 2.05) is 0 Å². The summed E-state index contributed by atoms with van der Waals surface area (Å²) in [5.41, 5.74) is 15.8. The number of nitrogen functional groups attached to an aromatic ring is 3. The number of phosphoric ester groups is 3. The molecule has 16 atom stereocenters. The number of hydrogen-bond donors (Lipinski definition) is 12. The Hall–Kier alpha value is -6.42. The minimum atomic E-state index is -6.27. The number of phosphoric acid groups is 4. The van der Waals surface area contributed by atoms with E-state index in [0.29, 0.717) is 0 Å². The highest BCUT2D eigenvalue weighted by molar-refractivity contribution is 7.66. The second-order valence-corrected chi connectivity index (χ2v) is 24.7. The number of carbonyl (C=O) groups is 1. The van der Waals surface area contributed by atoms with Gasteiger partial charge in [-0.25, -0.2) is 38.2 Å². The number of carbonyl (C=O) groups excluding carboxylic acids is 1. The number of nitrogens with two attached hydrogens (primary N) is 3. The van der Waals surface area contributed by atoms with Crippen molar-refractivity contribution in [3.05, 3.63) is 81.9 Å². The summed E-state index contributed by atoms with van der Waals surface area (Å²) < 4.78 is 111. The van der Waals surface area contributed by atoms with Crippen LogP contribution in [-0.4, -0.2) is 172 Å². The van der Waals surface area contributed by atoms with Gasteiger partial charge in [-0.1, -0.05) is 23.2 Å². The van der Waals surface area contributed by atoms with E-state index in [1.165, 1.54) is 39.2 Å². The zero-order valence-electron chi connectivity index (χ0n) is 43.0. The van der Waals surface area contributed by atoms with E-state index in [4.69, 9.17) is 54.2 Å². The first-order valence-electron chi connectivity index (χ1n) is 24.3. The minimum absolute atomic E-state index is 0.0133. The van der Waals surface area contributed by atoms with Crippen LogP contribution < -0.4 is 43.1 Å². The molecule has 0 saturated carbocycles. The molecule has 1 amide bonds. The smallest absolute Gasteiger partial charge is 0.490 e. The summed E-state index contributed by atoms with van der Waals surface area (Å²) in [5.74, 6) is -2.57. The summed E-state index contributed by atoms with van der Waals surface area (Å²) in [4.78, 5) is 113. The summed E-state index contributed by atoms with van der Waals surface area (Å²) in [6, 6.07) is 7.83. The zero-order valence-corrected chi connectivity index (χ0v) is 46.6. The second-order valence-electron chi connectivity index (χ2n) is 18.7. The average molecular weight is 1260 g/mol. The lowest BCUT2D eigenvalue weighted by atomic mass is 9.98. The topological polar surface area (TPSA) is 574 Å². The van der Waals surface area contributed by atoms with Gasteiger partial charge in [0.25, 0.3) is 30.8 Å². The first kappa shape index (κ1) is 60.7. The van der Waals surface area contributed by atoms with E-state index in [0.717, 1.165) is 30.7 Å². The van der Waals surface area contributed by atoms with Crippen molar-refractivity contribution in [1.82, 2.24) is 58.9 Å². The van der Waals surface area contributed by atoms with E-state index in [9.17, 15) is 67.5 Å². The van der Waals surface area contributed by atoms with Gasteiger partial charge in [0.15, 0.2) is 41.4 Å². The SMILES string of the molecule is CO[C@@H]1[C@H](OP(=O)([O-])OC[C@H]2O[C@@H](n3cnc4c(=O)[nH]c(N)nc43)[C@H](O)[C@@H]2O)[C@@H](COP(=O)(O)OP(=O)(O)OP(=O)(O)OC[C@H]2O[C@H]([n+]3cn(C)c4c(=O)[nH]c(N)nc43)[C@H](O)[C@@H]2CNC(=O)c2ccccc2)O[C@H]1n1cnc2c(N)ncnc21. The Kier molecular flexibility index (Phi) is 16.9. The summed E-state index contributed by atoms with van der Waals surface area (Å²) in [6.45, 7) is -3.82. The number of ether oxygens (including phenoxy) is 4. The molecule has 9 heterocycles. The number of aryl methyl sites for hydroxylation is 1. The molecule has 3 saturated heterocycles. The van der Waals surface area contributed by atoms with Crippen molar-refractivity contribution in [2.45, 2.75) is 67.5 Å². The Labute approximate surface area is 467 Å².